The summed E-state index contributed by atoms with van der Waals surface area (Å²) in [7, 11) is 1.93. The Balaban J connectivity index is 2.08. The summed E-state index contributed by atoms with van der Waals surface area (Å²) >= 11 is 0. The number of rotatable bonds is 0. The molecule has 0 aromatic heterocycles. The van der Waals surface area contributed by atoms with E-state index < -0.39 is 0 Å². The third-order valence-corrected chi connectivity index (χ3v) is 2.80. The molecule has 2 aliphatic carbocycles. The van der Waals surface area contributed by atoms with Crippen LogP contribution in [-0.4, -0.2) is 12.8 Å². The largest absolute Gasteiger partial charge is 0.297 e. The van der Waals surface area contributed by atoms with Crippen LogP contribution < -0.4 is 0 Å². The van der Waals surface area contributed by atoms with Crippen molar-refractivity contribution < 1.29 is 0 Å². The van der Waals surface area contributed by atoms with Gasteiger partial charge in [-0.1, -0.05) is 0 Å². The molecule has 0 aromatic carbocycles. The van der Waals surface area contributed by atoms with E-state index in [-0.39, 0.29) is 0 Å². The summed E-state index contributed by atoms with van der Waals surface area (Å²) in [6, 6.07) is 0. The minimum absolute atomic E-state index is 0.787. The van der Waals surface area contributed by atoms with Gasteiger partial charge in [0.25, 0.3) is 0 Å². The summed E-state index contributed by atoms with van der Waals surface area (Å²) in [6.07, 6.45) is 7.00. The van der Waals surface area contributed by atoms with Crippen molar-refractivity contribution in [1.29, 1.82) is 0 Å². The van der Waals surface area contributed by atoms with E-state index in [4.69, 9.17) is 0 Å². The van der Waals surface area contributed by atoms with Gasteiger partial charge in [-0.25, -0.2) is 0 Å². The molecule has 0 atom stereocenters. The van der Waals surface area contributed by atoms with Crippen LogP contribution in [0.4, 0.5) is 0 Å². The van der Waals surface area contributed by atoms with Crippen molar-refractivity contribution in [2.45, 2.75) is 32.1 Å². The van der Waals surface area contributed by atoms with Crippen molar-refractivity contribution in [1.82, 2.24) is 0 Å². The van der Waals surface area contributed by atoms with Gasteiger partial charge in [0.15, 0.2) is 0 Å². The average Bonchev–Trinajstić information content (AvgIpc) is 2.44. The summed E-state index contributed by atoms with van der Waals surface area (Å²) in [4.78, 5) is 4.24. The van der Waals surface area contributed by atoms with Crippen LogP contribution in [0.3, 0.4) is 0 Å². The molecule has 1 heteroatoms. The van der Waals surface area contributed by atoms with Crippen LogP contribution >= 0.6 is 0 Å². The fourth-order valence-electron chi connectivity index (χ4n) is 1.81. The molecule has 0 saturated heterocycles. The second kappa shape index (κ2) is 1.59. The van der Waals surface area contributed by atoms with Crippen molar-refractivity contribution in [3.63, 3.8) is 0 Å². The molecule has 0 N–H and O–H groups in total. The number of nitrogens with zero attached hydrogens (tertiary/aromatic N) is 1. The van der Waals surface area contributed by atoms with Crippen LogP contribution in [-0.2, 0) is 0 Å². The van der Waals surface area contributed by atoms with Gasteiger partial charge in [-0.15, -0.1) is 0 Å². The van der Waals surface area contributed by atoms with E-state index in [0.717, 1.165) is 5.41 Å². The number of hydrogen-bond acceptors (Lipinski definition) is 1. The molecule has 1 spiro atoms. The van der Waals surface area contributed by atoms with E-state index in [1.54, 1.807) is 0 Å². The maximum Gasteiger partial charge on any atom is 0.0276 e. The highest BCUT2D eigenvalue weighted by Crippen LogP contribution is 2.56. The molecule has 0 amide bonds. The number of aliphatic imine (C=N–C) groups is 1. The Morgan fingerprint density at radius 3 is 2.44 bits per heavy atom. The molecule has 2 fully saturated rings. The monoisotopic (exact) mass is 123 g/mol. The van der Waals surface area contributed by atoms with Gasteiger partial charge in [0.1, 0.15) is 0 Å². The molecular weight excluding hydrogens is 110 g/mol. The molecular formula is C8H13N. The van der Waals surface area contributed by atoms with Gasteiger partial charge in [-0.2, -0.15) is 0 Å². The van der Waals surface area contributed by atoms with Gasteiger partial charge in [-0.05, 0) is 37.5 Å². The Morgan fingerprint density at radius 1 is 1.33 bits per heavy atom. The second-order valence-electron chi connectivity index (χ2n) is 3.47. The quantitative estimate of drug-likeness (QED) is 0.467. The first kappa shape index (κ1) is 5.45. The lowest BCUT2D eigenvalue weighted by molar-refractivity contribution is 0.547. The highest BCUT2D eigenvalue weighted by atomic mass is 14.7. The summed E-state index contributed by atoms with van der Waals surface area (Å²) in [6.45, 7) is 0. The van der Waals surface area contributed by atoms with Crippen LogP contribution in [0.5, 0.6) is 0 Å². The zero-order valence-corrected chi connectivity index (χ0v) is 5.98. The van der Waals surface area contributed by atoms with Crippen molar-refractivity contribution in [2.75, 3.05) is 7.05 Å². The standard InChI is InChI=1S/C8H13N/c1-9-7-2-3-8(6-7)4-5-8/h2-6H2,1H3. The fourth-order valence-corrected chi connectivity index (χ4v) is 1.81. The highest BCUT2D eigenvalue weighted by molar-refractivity contribution is 5.87. The predicted molar refractivity (Wildman–Crippen MR) is 38.9 cm³/mol. The Bertz CT molecular complexity index is 154. The predicted octanol–water partition coefficient (Wildman–Crippen LogP) is 2.02. The summed E-state index contributed by atoms with van der Waals surface area (Å²) in [5.41, 5.74) is 2.25. The Morgan fingerprint density at radius 2 is 2.11 bits per heavy atom. The van der Waals surface area contributed by atoms with Crippen molar-refractivity contribution >= 4 is 5.71 Å². The lowest BCUT2D eigenvalue weighted by Crippen LogP contribution is -1.92. The van der Waals surface area contributed by atoms with E-state index in [1.807, 2.05) is 7.05 Å². The molecule has 2 rings (SSSR count). The van der Waals surface area contributed by atoms with Gasteiger partial charge in [0.2, 0.25) is 0 Å². The zero-order chi connectivity index (χ0) is 6.32. The van der Waals surface area contributed by atoms with E-state index in [9.17, 15) is 0 Å². The third kappa shape index (κ3) is 0.790. The van der Waals surface area contributed by atoms with Gasteiger partial charge < -0.3 is 0 Å². The van der Waals surface area contributed by atoms with Crippen LogP contribution in [0.15, 0.2) is 4.99 Å². The van der Waals surface area contributed by atoms with Crippen LogP contribution in [0.2, 0.25) is 0 Å². The fraction of sp³-hybridized carbons (Fsp3) is 0.875. The Labute approximate surface area is 56.2 Å². The molecule has 2 aliphatic rings. The molecule has 1 nitrogen and oxygen atoms in total. The number of hydrogen-bond donors (Lipinski definition) is 0. The van der Waals surface area contributed by atoms with Gasteiger partial charge in [0.05, 0.1) is 0 Å². The SMILES string of the molecule is CN=C1CCC2(CC2)C1. The summed E-state index contributed by atoms with van der Waals surface area (Å²) < 4.78 is 0. The first-order chi connectivity index (χ1) is 4.35. The van der Waals surface area contributed by atoms with Crippen molar-refractivity contribution in [3.05, 3.63) is 0 Å². The molecule has 0 unspecified atom stereocenters. The average molecular weight is 123 g/mol. The summed E-state index contributed by atoms with van der Waals surface area (Å²) in [5.74, 6) is 0. The smallest absolute Gasteiger partial charge is 0.0276 e. The zero-order valence-electron chi connectivity index (χ0n) is 5.98. The minimum Gasteiger partial charge on any atom is -0.297 e. The molecule has 50 valence electrons. The van der Waals surface area contributed by atoms with Gasteiger partial charge in [0, 0.05) is 12.8 Å². The van der Waals surface area contributed by atoms with Crippen molar-refractivity contribution in [3.8, 4) is 0 Å². The van der Waals surface area contributed by atoms with E-state index in [2.05, 4.69) is 4.99 Å². The minimum atomic E-state index is 0.787. The third-order valence-electron chi connectivity index (χ3n) is 2.80. The lowest BCUT2D eigenvalue weighted by Gasteiger charge is -1.98. The molecule has 0 radical (unpaired) electrons. The first-order valence-electron chi connectivity index (χ1n) is 3.79. The van der Waals surface area contributed by atoms with E-state index in [0.29, 0.717) is 0 Å². The molecule has 0 aliphatic heterocycles. The maximum absolute atomic E-state index is 4.24. The molecule has 2 saturated carbocycles. The second-order valence-corrected chi connectivity index (χ2v) is 3.47. The van der Waals surface area contributed by atoms with Crippen LogP contribution in [0.1, 0.15) is 32.1 Å². The van der Waals surface area contributed by atoms with Crippen molar-refractivity contribution in [2.24, 2.45) is 10.4 Å². The Kier molecular flexibility index (Phi) is 0.961. The topological polar surface area (TPSA) is 12.4 Å². The molecule has 0 heterocycles. The first-order valence-corrected chi connectivity index (χ1v) is 3.79. The maximum atomic E-state index is 4.24. The highest BCUT2D eigenvalue weighted by Gasteiger charge is 2.46. The van der Waals surface area contributed by atoms with Crippen LogP contribution in [0.25, 0.3) is 0 Å². The molecule has 0 aromatic rings. The van der Waals surface area contributed by atoms with Gasteiger partial charge >= 0.3 is 0 Å². The van der Waals surface area contributed by atoms with Crippen LogP contribution in [0, 0.1) is 5.41 Å². The van der Waals surface area contributed by atoms with Gasteiger partial charge in [-0.3, -0.25) is 4.99 Å². The van der Waals surface area contributed by atoms with E-state index >= 15 is 0 Å². The summed E-state index contributed by atoms with van der Waals surface area (Å²) in [5, 5.41) is 0. The molecule has 0 bridgehead atoms. The molecule has 9 heavy (non-hydrogen) atoms. The normalized spacial score (nSPS) is 34.1. The lowest BCUT2D eigenvalue weighted by atomic mass is 10.1. The van der Waals surface area contributed by atoms with E-state index in [1.165, 1.54) is 37.8 Å². The Hall–Kier alpha value is -0.330.